The normalized spacial score (nSPS) is 10.6. The van der Waals surface area contributed by atoms with E-state index in [2.05, 4.69) is 15.7 Å². The molecule has 2 N–H and O–H groups in total. The van der Waals surface area contributed by atoms with Gasteiger partial charge in [-0.05, 0) is 55.5 Å². The van der Waals surface area contributed by atoms with E-state index in [1.807, 2.05) is 31.2 Å². The van der Waals surface area contributed by atoms with E-state index < -0.39 is 11.5 Å². The van der Waals surface area contributed by atoms with E-state index in [0.29, 0.717) is 27.9 Å². The van der Waals surface area contributed by atoms with Gasteiger partial charge < -0.3 is 10.1 Å². The monoisotopic (exact) mass is 474 g/mol. The molecule has 0 radical (unpaired) electrons. The number of carbonyl (C=O) groups excluding carboxylic acids is 2. The summed E-state index contributed by atoms with van der Waals surface area (Å²) in [5, 5.41) is 3.37. The number of hydrogen-bond donors (Lipinski definition) is 2. The van der Waals surface area contributed by atoms with Crippen molar-refractivity contribution >= 4 is 40.2 Å². The smallest absolute Gasteiger partial charge is 0.281 e. The molecular formula is C25H22N4O4S. The largest absolute Gasteiger partial charge is 0.497 e. The maximum Gasteiger partial charge on any atom is 0.281 e. The van der Waals surface area contributed by atoms with Gasteiger partial charge in [0.1, 0.15) is 5.75 Å². The van der Waals surface area contributed by atoms with Crippen LogP contribution in [0.2, 0.25) is 0 Å². The Kier molecular flexibility index (Phi) is 6.93. The minimum Gasteiger partial charge on any atom is -0.497 e. The number of carbonyl (C=O) groups is 2. The highest BCUT2D eigenvalue weighted by Crippen LogP contribution is 2.19. The number of methoxy groups -OCH3 is 1. The van der Waals surface area contributed by atoms with Gasteiger partial charge in [-0.1, -0.05) is 41.6 Å². The zero-order valence-electron chi connectivity index (χ0n) is 18.6. The molecule has 0 unspecified atom stereocenters. The molecule has 0 bridgehead atoms. The first-order chi connectivity index (χ1) is 16.4. The van der Waals surface area contributed by atoms with Crippen molar-refractivity contribution in [3.8, 4) is 5.75 Å². The van der Waals surface area contributed by atoms with Gasteiger partial charge in [0.2, 0.25) is 5.91 Å². The van der Waals surface area contributed by atoms with Crippen LogP contribution in [0.3, 0.4) is 0 Å². The first-order valence-corrected chi connectivity index (χ1v) is 11.4. The van der Waals surface area contributed by atoms with Crippen molar-refractivity contribution in [2.75, 3.05) is 23.6 Å². The number of aromatic nitrogens is 2. The summed E-state index contributed by atoms with van der Waals surface area (Å²) < 4.78 is 6.20. The van der Waals surface area contributed by atoms with Crippen molar-refractivity contribution in [2.24, 2.45) is 0 Å². The Hall–Kier alpha value is -4.11. The van der Waals surface area contributed by atoms with Gasteiger partial charge in [-0.15, -0.1) is 0 Å². The molecule has 172 valence electrons. The van der Waals surface area contributed by atoms with E-state index in [9.17, 15) is 14.4 Å². The third-order valence-electron chi connectivity index (χ3n) is 4.98. The van der Waals surface area contributed by atoms with Crippen LogP contribution in [0.1, 0.15) is 15.9 Å². The Morgan fingerprint density at radius 2 is 1.71 bits per heavy atom. The minimum absolute atomic E-state index is 0.00291. The Labute approximate surface area is 199 Å². The number of nitrogens with one attached hydrogen (secondary N) is 2. The summed E-state index contributed by atoms with van der Waals surface area (Å²) in [5.74, 6) is -0.147. The maximum atomic E-state index is 13.2. The summed E-state index contributed by atoms with van der Waals surface area (Å²) in [5.41, 5.74) is 4.76. The van der Waals surface area contributed by atoms with E-state index in [0.717, 1.165) is 22.0 Å². The van der Waals surface area contributed by atoms with Crippen LogP contribution >= 0.6 is 11.8 Å². The lowest BCUT2D eigenvalue weighted by Crippen LogP contribution is -2.35. The molecule has 4 rings (SSSR count). The number of hydrogen-bond acceptors (Lipinski definition) is 6. The molecule has 34 heavy (non-hydrogen) atoms. The van der Waals surface area contributed by atoms with Gasteiger partial charge in [0, 0.05) is 11.3 Å². The van der Waals surface area contributed by atoms with Gasteiger partial charge in [0.25, 0.3) is 11.5 Å². The fourth-order valence-corrected chi connectivity index (χ4v) is 3.93. The summed E-state index contributed by atoms with van der Waals surface area (Å²) in [7, 11) is 1.54. The Morgan fingerprint density at radius 3 is 2.41 bits per heavy atom. The topological polar surface area (TPSA) is 102 Å². The van der Waals surface area contributed by atoms with Crippen LogP contribution in [0.4, 0.5) is 5.69 Å². The highest BCUT2D eigenvalue weighted by Gasteiger charge is 2.16. The predicted octanol–water partition coefficient (Wildman–Crippen LogP) is 3.83. The molecule has 0 atom stereocenters. The molecular weight excluding hydrogens is 452 g/mol. The standard InChI is InChI=1S/C25H22N4O4S/c1-16-7-11-18(12-8-16)26-22(30)15-34-25-27-21-6-4-3-5-20(21)24(32)29(25)28-23(31)17-9-13-19(33-2)14-10-17/h3-14H,15H2,1-2H3,(H,26,30)(H,28,31). The van der Waals surface area contributed by atoms with Crippen LogP contribution in [-0.4, -0.2) is 34.3 Å². The molecule has 0 aliphatic heterocycles. The Balaban J connectivity index is 1.59. The second-order valence-electron chi connectivity index (χ2n) is 7.42. The van der Waals surface area contributed by atoms with Crippen molar-refractivity contribution in [1.29, 1.82) is 0 Å². The van der Waals surface area contributed by atoms with E-state index >= 15 is 0 Å². The van der Waals surface area contributed by atoms with E-state index in [1.165, 1.54) is 7.11 Å². The second kappa shape index (κ2) is 10.2. The van der Waals surface area contributed by atoms with Gasteiger partial charge >= 0.3 is 0 Å². The maximum absolute atomic E-state index is 13.2. The van der Waals surface area contributed by atoms with Crippen LogP contribution in [0.5, 0.6) is 5.75 Å². The van der Waals surface area contributed by atoms with Crippen molar-refractivity contribution < 1.29 is 14.3 Å². The van der Waals surface area contributed by atoms with Crippen LogP contribution in [0.25, 0.3) is 10.9 Å². The molecule has 0 aliphatic rings. The highest BCUT2D eigenvalue weighted by molar-refractivity contribution is 7.99. The first kappa shape index (κ1) is 23.1. The summed E-state index contributed by atoms with van der Waals surface area (Å²) in [6.07, 6.45) is 0. The van der Waals surface area contributed by atoms with E-state index in [1.54, 1.807) is 48.5 Å². The first-order valence-electron chi connectivity index (χ1n) is 10.4. The molecule has 0 saturated carbocycles. The molecule has 8 nitrogen and oxygen atoms in total. The summed E-state index contributed by atoms with van der Waals surface area (Å²) in [6, 6.07) is 20.8. The molecule has 1 aromatic heterocycles. The lowest BCUT2D eigenvalue weighted by molar-refractivity contribution is -0.113. The number of fused-ring (bicyclic) bond motifs is 1. The average Bonchev–Trinajstić information content (AvgIpc) is 2.86. The summed E-state index contributed by atoms with van der Waals surface area (Å²) >= 11 is 1.05. The Morgan fingerprint density at radius 1 is 1.00 bits per heavy atom. The third-order valence-corrected chi connectivity index (χ3v) is 5.92. The molecule has 3 aromatic carbocycles. The number of anilines is 1. The number of para-hydroxylation sites is 1. The lowest BCUT2D eigenvalue weighted by atomic mass is 10.2. The number of nitrogens with zero attached hydrogens (tertiary/aromatic N) is 2. The number of aryl methyl sites for hydroxylation is 1. The molecule has 0 fully saturated rings. The molecule has 1 heterocycles. The Bertz CT molecular complexity index is 1400. The number of rotatable bonds is 7. The minimum atomic E-state index is -0.493. The third kappa shape index (κ3) is 5.26. The highest BCUT2D eigenvalue weighted by atomic mass is 32.2. The fourth-order valence-electron chi connectivity index (χ4n) is 3.18. The fraction of sp³-hybridized carbons (Fsp3) is 0.120. The van der Waals surface area contributed by atoms with E-state index in [4.69, 9.17) is 4.74 Å². The molecule has 0 spiro atoms. The van der Waals surface area contributed by atoms with E-state index in [-0.39, 0.29) is 16.8 Å². The van der Waals surface area contributed by atoms with Gasteiger partial charge in [-0.25, -0.2) is 4.98 Å². The van der Waals surface area contributed by atoms with Gasteiger partial charge in [-0.2, -0.15) is 4.68 Å². The summed E-state index contributed by atoms with van der Waals surface area (Å²) in [4.78, 5) is 43.0. The molecule has 0 aliphatic carbocycles. The zero-order valence-corrected chi connectivity index (χ0v) is 19.4. The zero-order chi connectivity index (χ0) is 24.1. The predicted molar refractivity (Wildman–Crippen MR) is 133 cm³/mol. The van der Waals surface area contributed by atoms with Crippen LogP contribution < -0.4 is 21.0 Å². The van der Waals surface area contributed by atoms with Crippen LogP contribution in [0.15, 0.2) is 82.7 Å². The molecule has 4 aromatic rings. The second-order valence-corrected chi connectivity index (χ2v) is 8.37. The average molecular weight is 475 g/mol. The van der Waals surface area contributed by atoms with Crippen LogP contribution in [-0.2, 0) is 4.79 Å². The molecule has 9 heteroatoms. The molecule has 0 saturated heterocycles. The number of benzene rings is 3. The lowest BCUT2D eigenvalue weighted by Gasteiger charge is -2.14. The van der Waals surface area contributed by atoms with Gasteiger partial charge in [0.15, 0.2) is 5.16 Å². The van der Waals surface area contributed by atoms with Crippen molar-refractivity contribution in [3.63, 3.8) is 0 Å². The molecule has 2 amide bonds. The summed E-state index contributed by atoms with van der Waals surface area (Å²) in [6.45, 7) is 1.96. The van der Waals surface area contributed by atoms with Crippen molar-refractivity contribution in [1.82, 2.24) is 9.66 Å². The van der Waals surface area contributed by atoms with Gasteiger partial charge in [0.05, 0.1) is 23.8 Å². The van der Waals surface area contributed by atoms with Crippen LogP contribution in [0, 0.1) is 6.92 Å². The quantitative estimate of drug-likeness (QED) is 0.312. The number of amides is 2. The van der Waals surface area contributed by atoms with Gasteiger partial charge in [-0.3, -0.25) is 19.8 Å². The number of ether oxygens (including phenoxy) is 1. The number of thioether (sulfide) groups is 1. The van der Waals surface area contributed by atoms with Crippen molar-refractivity contribution in [2.45, 2.75) is 12.1 Å². The SMILES string of the molecule is COc1ccc(C(=O)Nn2c(SCC(=O)Nc3ccc(C)cc3)nc3ccccc3c2=O)cc1. The van der Waals surface area contributed by atoms with Crippen molar-refractivity contribution in [3.05, 3.63) is 94.3 Å².